The molecule has 0 spiro atoms. The maximum absolute atomic E-state index is 12.0. The number of anilines is 2. The van der Waals surface area contributed by atoms with E-state index in [0.717, 1.165) is 0 Å². The monoisotopic (exact) mass is 367 g/mol. The standard InChI is InChI=1S/C20H21N3O4/c1-20(2,3)17-12-18(22-27-17)23(19(21)25)13-7-9-15(10-8-13)26-16-6-4-5-14(24)11-16/h4-12,24H,1-3H3,(H2,21,25). The van der Waals surface area contributed by atoms with E-state index in [0.29, 0.717) is 28.8 Å². The van der Waals surface area contributed by atoms with Gasteiger partial charge in [0.05, 0.1) is 5.69 Å². The fraction of sp³-hybridized carbons (Fsp3) is 0.200. The SMILES string of the molecule is CC(C)(C)c1cc(N(C(N)=O)c2ccc(Oc3cccc(O)c3)cc2)no1. The average molecular weight is 367 g/mol. The molecule has 0 bridgehead atoms. The molecule has 0 aliphatic carbocycles. The third kappa shape index (κ3) is 4.20. The number of rotatable bonds is 4. The van der Waals surface area contributed by atoms with Crippen LogP contribution in [-0.4, -0.2) is 16.3 Å². The van der Waals surface area contributed by atoms with Crippen LogP contribution in [0.4, 0.5) is 16.3 Å². The fourth-order valence-corrected chi connectivity index (χ4v) is 2.44. The van der Waals surface area contributed by atoms with Gasteiger partial charge in [-0.1, -0.05) is 32.0 Å². The summed E-state index contributed by atoms with van der Waals surface area (Å²) in [5.74, 6) is 2.12. The molecule has 0 radical (unpaired) electrons. The first-order valence-electron chi connectivity index (χ1n) is 8.38. The summed E-state index contributed by atoms with van der Waals surface area (Å²) in [5, 5.41) is 13.5. The third-order valence-corrected chi connectivity index (χ3v) is 3.83. The first-order valence-corrected chi connectivity index (χ1v) is 8.38. The second-order valence-electron chi connectivity index (χ2n) is 7.07. The molecule has 140 valence electrons. The van der Waals surface area contributed by atoms with E-state index in [1.54, 1.807) is 48.5 Å². The first-order chi connectivity index (χ1) is 12.7. The van der Waals surface area contributed by atoms with Crippen LogP contribution in [0.5, 0.6) is 17.2 Å². The molecule has 2 aromatic carbocycles. The molecule has 0 saturated heterocycles. The summed E-state index contributed by atoms with van der Waals surface area (Å²) in [5.41, 5.74) is 5.83. The minimum absolute atomic E-state index is 0.115. The average Bonchev–Trinajstić information content (AvgIpc) is 3.06. The number of hydrogen-bond donors (Lipinski definition) is 2. The van der Waals surface area contributed by atoms with Gasteiger partial charge in [0.2, 0.25) is 0 Å². The van der Waals surface area contributed by atoms with Crippen molar-refractivity contribution in [3.05, 3.63) is 60.4 Å². The molecule has 1 heterocycles. The predicted octanol–water partition coefficient (Wildman–Crippen LogP) is 4.69. The minimum Gasteiger partial charge on any atom is -0.508 e. The van der Waals surface area contributed by atoms with Crippen LogP contribution in [0.3, 0.4) is 0 Å². The van der Waals surface area contributed by atoms with Gasteiger partial charge in [-0.25, -0.2) is 9.69 Å². The number of aromatic nitrogens is 1. The van der Waals surface area contributed by atoms with Gasteiger partial charge in [0.25, 0.3) is 0 Å². The van der Waals surface area contributed by atoms with Gasteiger partial charge in [0.15, 0.2) is 5.82 Å². The molecule has 3 rings (SSSR count). The Labute approximate surface area is 157 Å². The van der Waals surface area contributed by atoms with Crippen LogP contribution in [0, 0.1) is 0 Å². The van der Waals surface area contributed by atoms with Crippen molar-refractivity contribution in [2.24, 2.45) is 5.73 Å². The summed E-state index contributed by atoms with van der Waals surface area (Å²) in [6, 6.07) is 14.3. The van der Waals surface area contributed by atoms with Gasteiger partial charge in [0.1, 0.15) is 23.0 Å². The number of primary amides is 1. The van der Waals surface area contributed by atoms with Crippen molar-refractivity contribution in [2.45, 2.75) is 26.2 Å². The van der Waals surface area contributed by atoms with Crippen LogP contribution in [0.2, 0.25) is 0 Å². The number of nitrogens with two attached hydrogens (primary N) is 1. The minimum atomic E-state index is -0.676. The van der Waals surface area contributed by atoms with Crippen molar-refractivity contribution >= 4 is 17.5 Å². The highest BCUT2D eigenvalue weighted by atomic mass is 16.5. The van der Waals surface area contributed by atoms with Gasteiger partial charge in [-0.15, -0.1) is 0 Å². The number of aromatic hydroxyl groups is 1. The molecule has 27 heavy (non-hydrogen) atoms. The Bertz CT molecular complexity index is 942. The predicted molar refractivity (Wildman–Crippen MR) is 102 cm³/mol. The number of carbonyl (C=O) groups excluding carboxylic acids is 1. The zero-order valence-corrected chi connectivity index (χ0v) is 15.3. The highest BCUT2D eigenvalue weighted by Crippen LogP contribution is 2.32. The van der Waals surface area contributed by atoms with Gasteiger partial charge in [-0.3, -0.25) is 0 Å². The Morgan fingerprint density at radius 1 is 1.11 bits per heavy atom. The van der Waals surface area contributed by atoms with E-state index in [4.69, 9.17) is 15.0 Å². The molecule has 1 aromatic heterocycles. The molecule has 3 aromatic rings. The van der Waals surface area contributed by atoms with Crippen molar-refractivity contribution in [2.75, 3.05) is 4.90 Å². The van der Waals surface area contributed by atoms with Gasteiger partial charge in [0, 0.05) is 17.5 Å². The molecular weight excluding hydrogens is 346 g/mol. The number of phenolic OH excluding ortho intramolecular Hbond substituents is 1. The van der Waals surface area contributed by atoms with Crippen LogP contribution >= 0.6 is 0 Å². The van der Waals surface area contributed by atoms with E-state index < -0.39 is 6.03 Å². The summed E-state index contributed by atoms with van der Waals surface area (Å²) in [7, 11) is 0. The zero-order valence-electron chi connectivity index (χ0n) is 15.3. The lowest BCUT2D eigenvalue weighted by Crippen LogP contribution is -2.31. The zero-order chi connectivity index (χ0) is 19.6. The van der Waals surface area contributed by atoms with Gasteiger partial charge in [-0.05, 0) is 36.4 Å². The molecule has 2 amide bonds. The van der Waals surface area contributed by atoms with E-state index in [2.05, 4.69) is 5.16 Å². The Morgan fingerprint density at radius 2 is 1.81 bits per heavy atom. The van der Waals surface area contributed by atoms with Crippen molar-refractivity contribution in [3.63, 3.8) is 0 Å². The Hall–Kier alpha value is -3.48. The van der Waals surface area contributed by atoms with Crippen molar-refractivity contribution in [3.8, 4) is 17.2 Å². The third-order valence-electron chi connectivity index (χ3n) is 3.83. The van der Waals surface area contributed by atoms with Crippen molar-refractivity contribution in [1.29, 1.82) is 0 Å². The van der Waals surface area contributed by atoms with Gasteiger partial charge in [-0.2, -0.15) is 0 Å². The molecule has 0 atom stereocenters. The van der Waals surface area contributed by atoms with Crippen LogP contribution in [0.1, 0.15) is 26.5 Å². The molecule has 0 aliphatic rings. The maximum Gasteiger partial charge on any atom is 0.325 e. The lowest BCUT2D eigenvalue weighted by atomic mass is 9.93. The Morgan fingerprint density at radius 3 is 2.37 bits per heavy atom. The molecule has 7 heteroatoms. The largest absolute Gasteiger partial charge is 0.508 e. The van der Waals surface area contributed by atoms with Crippen LogP contribution in [-0.2, 0) is 5.41 Å². The van der Waals surface area contributed by atoms with Crippen molar-refractivity contribution in [1.82, 2.24) is 5.16 Å². The maximum atomic E-state index is 12.0. The summed E-state index contributed by atoms with van der Waals surface area (Å²) < 4.78 is 11.0. The summed E-state index contributed by atoms with van der Waals surface area (Å²) in [4.78, 5) is 13.2. The van der Waals surface area contributed by atoms with Gasteiger partial charge >= 0.3 is 6.03 Å². The number of amides is 2. The Kier molecular flexibility index (Phi) is 4.77. The van der Waals surface area contributed by atoms with Gasteiger partial charge < -0.3 is 20.1 Å². The number of carbonyl (C=O) groups is 1. The number of benzene rings is 2. The molecule has 0 fully saturated rings. The number of phenols is 1. The van der Waals surface area contributed by atoms with E-state index in [1.807, 2.05) is 20.8 Å². The Balaban J connectivity index is 1.84. The second kappa shape index (κ2) is 7.03. The van der Waals surface area contributed by atoms with E-state index >= 15 is 0 Å². The normalized spacial score (nSPS) is 11.2. The lowest BCUT2D eigenvalue weighted by Gasteiger charge is -2.17. The van der Waals surface area contributed by atoms with Crippen molar-refractivity contribution < 1.29 is 19.2 Å². The smallest absolute Gasteiger partial charge is 0.325 e. The number of urea groups is 1. The number of ether oxygens (including phenoxy) is 1. The molecular formula is C20H21N3O4. The number of hydrogen-bond acceptors (Lipinski definition) is 5. The highest BCUT2D eigenvalue weighted by Gasteiger charge is 2.24. The van der Waals surface area contributed by atoms with Crippen LogP contribution in [0.25, 0.3) is 0 Å². The topological polar surface area (TPSA) is 102 Å². The highest BCUT2D eigenvalue weighted by molar-refractivity contribution is 5.97. The van der Waals surface area contributed by atoms with E-state index in [-0.39, 0.29) is 11.2 Å². The van der Waals surface area contributed by atoms with Crippen LogP contribution in [0.15, 0.2) is 59.1 Å². The van der Waals surface area contributed by atoms with E-state index in [1.165, 1.54) is 11.0 Å². The lowest BCUT2D eigenvalue weighted by molar-refractivity contribution is 0.255. The molecule has 0 saturated carbocycles. The molecule has 0 unspecified atom stereocenters. The second-order valence-corrected chi connectivity index (χ2v) is 7.07. The molecule has 7 nitrogen and oxygen atoms in total. The van der Waals surface area contributed by atoms with E-state index in [9.17, 15) is 9.90 Å². The summed E-state index contributed by atoms with van der Waals surface area (Å²) in [6.45, 7) is 5.96. The summed E-state index contributed by atoms with van der Waals surface area (Å²) in [6.07, 6.45) is 0. The quantitative estimate of drug-likeness (QED) is 0.697. The molecule has 0 aliphatic heterocycles. The number of nitrogens with zero attached hydrogens (tertiary/aromatic N) is 2. The van der Waals surface area contributed by atoms with Crippen LogP contribution < -0.4 is 15.4 Å². The summed E-state index contributed by atoms with van der Waals surface area (Å²) >= 11 is 0. The fourth-order valence-electron chi connectivity index (χ4n) is 2.44. The molecule has 3 N–H and O–H groups in total. The first kappa shape index (κ1) is 18.3.